The maximum absolute atomic E-state index is 13.0. The first-order valence-corrected chi connectivity index (χ1v) is 11.2. The van der Waals surface area contributed by atoms with Crippen molar-refractivity contribution in [3.8, 4) is 11.6 Å². The Labute approximate surface area is 189 Å². The molecule has 6 heteroatoms. The molecule has 1 amide bonds. The number of amides is 1. The van der Waals surface area contributed by atoms with Crippen LogP contribution in [0.3, 0.4) is 0 Å². The summed E-state index contributed by atoms with van der Waals surface area (Å²) in [6, 6.07) is 16.1. The van der Waals surface area contributed by atoms with Gasteiger partial charge in [0.2, 0.25) is 5.91 Å². The Morgan fingerprint density at radius 2 is 1.69 bits per heavy atom. The van der Waals surface area contributed by atoms with Gasteiger partial charge in [0.15, 0.2) is 5.82 Å². The summed E-state index contributed by atoms with van der Waals surface area (Å²) in [5.41, 5.74) is 3.49. The van der Waals surface area contributed by atoms with E-state index < -0.39 is 0 Å². The molecule has 0 unspecified atom stereocenters. The van der Waals surface area contributed by atoms with Crippen molar-refractivity contribution in [2.45, 2.75) is 39.7 Å². The lowest BCUT2D eigenvalue weighted by molar-refractivity contribution is -0.125. The first-order valence-electron chi connectivity index (χ1n) is 11.2. The molecule has 4 rings (SSSR count). The standard InChI is InChI=1S/C26H30N4O2/c1-18-6-10-21(11-7-18)20(3)29-25(31)22-5-4-16-30(17-22)24-26(28-15-14-27-24)32-23-12-8-19(2)9-13-23/h6-15,20,22H,4-5,16-17H2,1-3H3,(H,29,31)/t20-,22-/m1/s1. The minimum Gasteiger partial charge on any atom is -0.436 e. The lowest BCUT2D eigenvalue weighted by Gasteiger charge is -2.33. The highest BCUT2D eigenvalue weighted by Gasteiger charge is 2.29. The predicted molar refractivity (Wildman–Crippen MR) is 126 cm³/mol. The number of aromatic nitrogens is 2. The highest BCUT2D eigenvalue weighted by atomic mass is 16.5. The lowest BCUT2D eigenvalue weighted by Crippen LogP contribution is -2.44. The number of hydrogen-bond donors (Lipinski definition) is 1. The molecule has 6 nitrogen and oxygen atoms in total. The van der Waals surface area contributed by atoms with Crippen molar-refractivity contribution < 1.29 is 9.53 Å². The van der Waals surface area contributed by atoms with Crippen LogP contribution in [0, 0.1) is 19.8 Å². The lowest BCUT2D eigenvalue weighted by atomic mass is 9.96. The van der Waals surface area contributed by atoms with Crippen LogP contribution in [0.1, 0.15) is 42.5 Å². The van der Waals surface area contributed by atoms with E-state index in [1.165, 1.54) is 11.1 Å². The van der Waals surface area contributed by atoms with Crippen molar-refractivity contribution in [2.75, 3.05) is 18.0 Å². The number of piperidine rings is 1. The third-order valence-electron chi connectivity index (χ3n) is 5.91. The van der Waals surface area contributed by atoms with E-state index in [1.807, 2.05) is 38.1 Å². The monoisotopic (exact) mass is 430 g/mol. The number of hydrogen-bond acceptors (Lipinski definition) is 5. The van der Waals surface area contributed by atoms with Gasteiger partial charge < -0.3 is 15.0 Å². The molecule has 1 fully saturated rings. The fourth-order valence-corrected chi connectivity index (χ4v) is 3.98. The molecule has 2 atom stereocenters. The number of benzene rings is 2. The van der Waals surface area contributed by atoms with Gasteiger partial charge >= 0.3 is 0 Å². The summed E-state index contributed by atoms with van der Waals surface area (Å²) in [7, 11) is 0. The quantitative estimate of drug-likeness (QED) is 0.597. The molecule has 3 aromatic rings. The van der Waals surface area contributed by atoms with Crippen LogP contribution >= 0.6 is 0 Å². The van der Waals surface area contributed by atoms with Gasteiger partial charge in [0.05, 0.1) is 12.0 Å². The van der Waals surface area contributed by atoms with E-state index in [9.17, 15) is 4.79 Å². The summed E-state index contributed by atoms with van der Waals surface area (Å²) >= 11 is 0. The number of rotatable bonds is 6. The molecule has 1 N–H and O–H groups in total. The molecule has 0 bridgehead atoms. The van der Waals surface area contributed by atoms with Crippen LogP contribution in [-0.2, 0) is 4.79 Å². The molecule has 1 aliphatic heterocycles. The number of nitrogens with one attached hydrogen (secondary N) is 1. The average molecular weight is 431 g/mol. The Morgan fingerprint density at radius 3 is 2.41 bits per heavy atom. The molecule has 0 spiro atoms. The Hall–Kier alpha value is -3.41. The van der Waals surface area contributed by atoms with E-state index in [2.05, 4.69) is 51.4 Å². The van der Waals surface area contributed by atoms with Crippen LogP contribution in [0.25, 0.3) is 0 Å². The highest BCUT2D eigenvalue weighted by molar-refractivity contribution is 5.80. The van der Waals surface area contributed by atoms with Crippen LogP contribution in [-0.4, -0.2) is 29.0 Å². The average Bonchev–Trinajstić information content (AvgIpc) is 2.81. The topological polar surface area (TPSA) is 67.4 Å². The zero-order chi connectivity index (χ0) is 22.5. The minimum atomic E-state index is -0.106. The molecule has 166 valence electrons. The second-order valence-corrected chi connectivity index (χ2v) is 8.53. The van der Waals surface area contributed by atoms with Crippen molar-refractivity contribution in [3.05, 3.63) is 77.6 Å². The Kier molecular flexibility index (Phi) is 6.69. The van der Waals surface area contributed by atoms with Crippen molar-refractivity contribution in [1.82, 2.24) is 15.3 Å². The fourth-order valence-electron chi connectivity index (χ4n) is 3.98. The summed E-state index contributed by atoms with van der Waals surface area (Å²) in [4.78, 5) is 24.1. The number of nitrogens with zero attached hydrogens (tertiary/aromatic N) is 3. The van der Waals surface area contributed by atoms with Gasteiger partial charge in [0.25, 0.3) is 5.88 Å². The maximum Gasteiger partial charge on any atom is 0.263 e. The van der Waals surface area contributed by atoms with E-state index in [0.717, 1.165) is 30.7 Å². The molecule has 1 aliphatic rings. The van der Waals surface area contributed by atoms with Crippen molar-refractivity contribution >= 4 is 11.7 Å². The van der Waals surface area contributed by atoms with E-state index in [0.29, 0.717) is 18.2 Å². The van der Waals surface area contributed by atoms with Crippen molar-refractivity contribution in [1.29, 1.82) is 0 Å². The number of aryl methyl sites for hydroxylation is 2. The highest BCUT2D eigenvalue weighted by Crippen LogP contribution is 2.31. The number of carbonyl (C=O) groups is 1. The Morgan fingerprint density at radius 1 is 1.03 bits per heavy atom. The van der Waals surface area contributed by atoms with Gasteiger partial charge in [-0.3, -0.25) is 4.79 Å². The first-order chi connectivity index (χ1) is 15.5. The van der Waals surface area contributed by atoms with Crippen molar-refractivity contribution in [2.24, 2.45) is 5.92 Å². The number of anilines is 1. The molecular formula is C26H30N4O2. The molecule has 1 saturated heterocycles. The fraction of sp³-hybridized carbons (Fsp3) is 0.346. The number of ether oxygens (including phenoxy) is 1. The van der Waals surface area contributed by atoms with Gasteiger partial charge in [-0.15, -0.1) is 0 Å². The van der Waals surface area contributed by atoms with E-state index in [1.54, 1.807) is 12.4 Å². The van der Waals surface area contributed by atoms with Crippen LogP contribution in [0.15, 0.2) is 60.9 Å². The third-order valence-corrected chi connectivity index (χ3v) is 5.91. The molecule has 32 heavy (non-hydrogen) atoms. The Balaban J connectivity index is 1.44. The van der Waals surface area contributed by atoms with Gasteiger partial charge in [-0.05, 0) is 51.3 Å². The molecule has 2 heterocycles. The molecule has 0 saturated carbocycles. The van der Waals surface area contributed by atoms with Gasteiger partial charge in [0, 0.05) is 25.5 Å². The summed E-state index contributed by atoms with van der Waals surface area (Å²) < 4.78 is 6.03. The van der Waals surface area contributed by atoms with Crippen LogP contribution in [0.4, 0.5) is 5.82 Å². The van der Waals surface area contributed by atoms with Gasteiger partial charge in [0.1, 0.15) is 5.75 Å². The number of carbonyl (C=O) groups excluding carboxylic acids is 1. The zero-order valence-corrected chi connectivity index (χ0v) is 18.9. The SMILES string of the molecule is Cc1ccc(Oc2nccnc2N2CCC[C@@H](C(=O)N[C@H](C)c3ccc(C)cc3)C2)cc1. The second-order valence-electron chi connectivity index (χ2n) is 8.53. The minimum absolute atomic E-state index is 0.0320. The van der Waals surface area contributed by atoms with Crippen LogP contribution in [0.5, 0.6) is 11.6 Å². The summed E-state index contributed by atoms with van der Waals surface area (Å²) in [6.07, 6.45) is 5.07. The smallest absolute Gasteiger partial charge is 0.263 e. The summed E-state index contributed by atoms with van der Waals surface area (Å²) in [6.45, 7) is 7.54. The molecular weight excluding hydrogens is 400 g/mol. The molecule has 2 aromatic carbocycles. The zero-order valence-electron chi connectivity index (χ0n) is 18.9. The normalized spacial score (nSPS) is 17.0. The van der Waals surface area contributed by atoms with E-state index in [-0.39, 0.29) is 17.9 Å². The molecule has 0 aliphatic carbocycles. The maximum atomic E-state index is 13.0. The van der Waals surface area contributed by atoms with Crippen LogP contribution in [0.2, 0.25) is 0 Å². The Bertz CT molecular complexity index is 1050. The molecule has 1 aromatic heterocycles. The van der Waals surface area contributed by atoms with Crippen LogP contribution < -0.4 is 15.0 Å². The van der Waals surface area contributed by atoms with Crippen molar-refractivity contribution in [3.63, 3.8) is 0 Å². The van der Waals surface area contributed by atoms with E-state index in [4.69, 9.17) is 4.74 Å². The third kappa shape index (κ3) is 5.25. The van der Waals surface area contributed by atoms with E-state index >= 15 is 0 Å². The largest absolute Gasteiger partial charge is 0.436 e. The predicted octanol–water partition coefficient (Wildman–Crippen LogP) is 4.98. The molecule has 0 radical (unpaired) electrons. The summed E-state index contributed by atoms with van der Waals surface area (Å²) in [5, 5.41) is 3.18. The van der Waals surface area contributed by atoms with Gasteiger partial charge in [-0.1, -0.05) is 47.5 Å². The van der Waals surface area contributed by atoms with Gasteiger partial charge in [-0.2, -0.15) is 0 Å². The van der Waals surface area contributed by atoms with Gasteiger partial charge in [-0.25, -0.2) is 9.97 Å². The first kappa shape index (κ1) is 21.8. The summed E-state index contributed by atoms with van der Waals surface area (Å²) in [5.74, 6) is 1.83. The second kappa shape index (κ2) is 9.81.